The van der Waals surface area contributed by atoms with Crippen LogP contribution < -0.4 is 0 Å². The molecule has 0 spiro atoms. The highest BCUT2D eigenvalue weighted by atomic mass is 35.5. The molecule has 2 nitrogen and oxygen atoms in total. The van der Waals surface area contributed by atoms with Gasteiger partial charge in [-0.25, -0.2) is 4.39 Å². The van der Waals surface area contributed by atoms with E-state index in [1.54, 1.807) is 0 Å². The molecule has 5 heteroatoms. The summed E-state index contributed by atoms with van der Waals surface area (Å²) in [6.07, 6.45) is 0. The number of rotatable bonds is 0. The lowest BCUT2D eigenvalue weighted by Crippen LogP contribution is -1.76. The maximum Gasteiger partial charge on any atom is 0.175 e. The molecule has 0 amide bonds. The largest absolute Gasteiger partial charge is 0.331 e. The zero-order valence-electron chi connectivity index (χ0n) is 5.82. The first-order valence-corrected chi connectivity index (χ1v) is 4.02. The minimum Gasteiger partial charge on any atom is -0.331 e. The Bertz CT molecular complexity index is 488. The van der Waals surface area contributed by atoms with Gasteiger partial charge in [0.05, 0.1) is 16.1 Å². The average Bonchev–Trinajstić information content (AvgIpc) is 2.29. The summed E-state index contributed by atoms with van der Waals surface area (Å²) in [5.41, 5.74) is 1.23. The van der Waals surface area contributed by atoms with E-state index in [-0.39, 0.29) is 5.82 Å². The smallest absolute Gasteiger partial charge is 0.175 e. The normalized spacial score (nSPS) is 10.8. The molecule has 1 aromatic heterocycles. The molecule has 12 heavy (non-hydrogen) atoms. The molecule has 0 radical (unpaired) electrons. The van der Waals surface area contributed by atoms with Crippen molar-refractivity contribution in [3.05, 3.63) is 27.7 Å². The first-order chi connectivity index (χ1) is 5.66. The van der Waals surface area contributed by atoms with Gasteiger partial charge in [-0.05, 0) is 24.4 Å². The van der Waals surface area contributed by atoms with Crippen molar-refractivity contribution in [3.63, 3.8) is 0 Å². The van der Waals surface area contributed by atoms with E-state index >= 15 is 0 Å². The van der Waals surface area contributed by atoms with Crippen molar-refractivity contribution in [2.45, 2.75) is 0 Å². The Labute approximate surface area is 77.4 Å². The number of halogens is 2. The van der Waals surface area contributed by atoms with Gasteiger partial charge in [-0.15, -0.1) is 0 Å². The first-order valence-electron chi connectivity index (χ1n) is 3.24. The Morgan fingerprint density at radius 3 is 2.83 bits per heavy atom. The number of hydrogen-bond donors (Lipinski definition) is 2. The molecule has 0 atom stereocenters. The Hall–Kier alpha value is -0.870. The van der Waals surface area contributed by atoms with Crippen LogP contribution in [0.3, 0.4) is 0 Å². The number of aromatic nitrogens is 2. The molecule has 2 N–H and O–H groups in total. The van der Waals surface area contributed by atoms with Crippen molar-refractivity contribution in [3.8, 4) is 0 Å². The minimum absolute atomic E-state index is 0.331. The lowest BCUT2D eigenvalue weighted by atomic mass is 10.3. The second kappa shape index (κ2) is 2.57. The highest BCUT2D eigenvalue weighted by molar-refractivity contribution is 7.71. The lowest BCUT2D eigenvalue weighted by Gasteiger charge is -1.92. The zero-order valence-corrected chi connectivity index (χ0v) is 7.39. The van der Waals surface area contributed by atoms with Gasteiger partial charge in [0.15, 0.2) is 4.77 Å². The molecule has 0 bridgehead atoms. The van der Waals surface area contributed by atoms with Crippen LogP contribution in [0.15, 0.2) is 12.1 Å². The monoisotopic (exact) mass is 202 g/mol. The number of fused-ring (bicyclic) bond motifs is 1. The third-order valence-electron chi connectivity index (χ3n) is 1.54. The number of nitrogens with one attached hydrogen (secondary N) is 2. The van der Waals surface area contributed by atoms with Gasteiger partial charge in [-0.3, -0.25) is 0 Å². The van der Waals surface area contributed by atoms with Crippen LogP contribution in [-0.2, 0) is 0 Å². The topological polar surface area (TPSA) is 31.6 Å². The molecule has 0 aliphatic heterocycles. The summed E-state index contributed by atoms with van der Waals surface area (Å²) in [5, 5.41) is 0.331. The molecule has 0 saturated carbocycles. The number of hydrogen-bond acceptors (Lipinski definition) is 1. The number of aromatic amines is 2. The van der Waals surface area contributed by atoms with E-state index in [9.17, 15) is 4.39 Å². The summed E-state index contributed by atoms with van der Waals surface area (Å²) < 4.78 is 13.2. The number of H-pyrrole nitrogens is 2. The van der Waals surface area contributed by atoms with Gasteiger partial charge in [0.25, 0.3) is 0 Å². The van der Waals surface area contributed by atoms with Crippen LogP contribution in [0.2, 0.25) is 5.02 Å². The highest BCUT2D eigenvalue weighted by Gasteiger charge is 2.03. The van der Waals surface area contributed by atoms with E-state index < -0.39 is 0 Å². The van der Waals surface area contributed by atoms with Gasteiger partial charge < -0.3 is 9.97 Å². The van der Waals surface area contributed by atoms with Gasteiger partial charge in [-0.1, -0.05) is 11.6 Å². The van der Waals surface area contributed by atoms with E-state index in [1.165, 1.54) is 12.1 Å². The van der Waals surface area contributed by atoms with Gasteiger partial charge in [0, 0.05) is 0 Å². The quantitative estimate of drug-likeness (QED) is 0.633. The molecular formula is C7H4ClFN2S. The Morgan fingerprint density at radius 2 is 2.08 bits per heavy atom. The summed E-state index contributed by atoms with van der Waals surface area (Å²) >= 11 is 10.6. The van der Waals surface area contributed by atoms with Crippen LogP contribution in [0.25, 0.3) is 11.0 Å². The van der Waals surface area contributed by atoms with E-state index in [4.69, 9.17) is 23.8 Å². The van der Waals surface area contributed by atoms with Crippen LogP contribution in [-0.4, -0.2) is 9.97 Å². The Balaban J connectivity index is 2.97. The van der Waals surface area contributed by atoms with E-state index in [2.05, 4.69) is 9.97 Å². The molecular weight excluding hydrogens is 199 g/mol. The fourth-order valence-electron chi connectivity index (χ4n) is 1.07. The molecule has 1 heterocycles. The van der Waals surface area contributed by atoms with Crippen molar-refractivity contribution in [2.75, 3.05) is 0 Å². The molecule has 62 valence electrons. The molecule has 0 aliphatic rings. The summed E-state index contributed by atoms with van der Waals surface area (Å²) in [7, 11) is 0. The molecule has 2 rings (SSSR count). The van der Waals surface area contributed by atoms with Gasteiger partial charge >= 0.3 is 0 Å². The minimum atomic E-state index is -0.377. The molecule has 2 aromatic rings. The van der Waals surface area contributed by atoms with E-state index in [0.717, 1.165) is 0 Å². The third-order valence-corrected chi connectivity index (χ3v) is 2.04. The summed E-state index contributed by atoms with van der Waals surface area (Å²) in [6, 6.07) is 2.58. The van der Waals surface area contributed by atoms with Crippen molar-refractivity contribution in [2.24, 2.45) is 0 Å². The van der Waals surface area contributed by atoms with Crippen molar-refractivity contribution in [1.82, 2.24) is 9.97 Å². The van der Waals surface area contributed by atoms with Gasteiger partial charge in [0.2, 0.25) is 0 Å². The SMILES string of the molecule is Fc1cc(Cl)c2[nH]c(=S)[nH]c2c1. The first kappa shape index (κ1) is 7.76. The fourth-order valence-corrected chi connectivity index (χ4v) is 1.53. The zero-order chi connectivity index (χ0) is 8.72. The molecule has 0 unspecified atom stereocenters. The summed E-state index contributed by atoms with van der Waals surface area (Å²) in [4.78, 5) is 5.59. The average molecular weight is 203 g/mol. The van der Waals surface area contributed by atoms with Crippen LogP contribution in [0.1, 0.15) is 0 Å². The second-order valence-corrected chi connectivity index (χ2v) is 3.20. The summed E-state index contributed by atoms with van der Waals surface area (Å²) in [6.45, 7) is 0. The Kier molecular flexibility index (Phi) is 1.66. The lowest BCUT2D eigenvalue weighted by molar-refractivity contribution is 0.629. The van der Waals surface area contributed by atoms with Crippen molar-refractivity contribution >= 4 is 34.9 Å². The standard InChI is InChI=1S/C7H4ClFN2S/c8-4-1-3(9)2-5-6(4)11-7(12)10-5/h1-2H,(H2,10,11,12). The van der Waals surface area contributed by atoms with E-state index in [0.29, 0.717) is 20.8 Å². The second-order valence-electron chi connectivity index (χ2n) is 2.39. The predicted octanol–water partition coefficient (Wildman–Crippen LogP) is 3.02. The number of benzene rings is 1. The number of imidazole rings is 1. The maximum absolute atomic E-state index is 12.8. The fraction of sp³-hybridized carbons (Fsp3) is 0. The third kappa shape index (κ3) is 1.13. The molecule has 0 aliphatic carbocycles. The predicted molar refractivity (Wildman–Crippen MR) is 48.5 cm³/mol. The molecule has 0 fully saturated rings. The summed E-state index contributed by atoms with van der Waals surface area (Å²) in [5.74, 6) is -0.377. The van der Waals surface area contributed by atoms with Crippen LogP contribution in [0, 0.1) is 10.6 Å². The highest BCUT2D eigenvalue weighted by Crippen LogP contribution is 2.21. The van der Waals surface area contributed by atoms with Crippen LogP contribution in [0.5, 0.6) is 0 Å². The Morgan fingerprint density at radius 1 is 1.33 bits per heavy atom. The van der Waals surface area contributed by atoms with Gasteiger partial charge in [0.1, 0.15) is 5.82 Å². The van der Waals surface area contributed by atoms with Crippen LogP contribution in [0.4, 0.5) is 4.39 Å². The van der Waals surface area contributed by atoms with Crippen molar-refractivity contribution < 1.29 is 4.39 Å². The van der Waals surface area contributed by atoms with Crippen LogP contribution >= 0.6 is 23.8 Å². The maximum atomic E-state index is 12.8. The molecule has 1 aromatic carbocycles. The van der Waals surface area contributed by atoms with E-state index in [1.807, 2.05) is 0 Å². The van der Waals surface area contributed by atoms with Gasteiger partial charge in [-0.2, -0.15) is 0 Å². The molecule has 0 saturated heterocycles. The van der Waals surface area contributed by atoms with Crippen molar-refractivity contribution in [1.29, 1.82) is 0 Å².